The second-order valence-corrected chi connectivity index (χ2v) is 7.72. The number of sulfonamides is 1. The van der Waals surface area contributed by atoms with Gasteiger partial charge >= 0.3 is 0 Å². The van der Waals surface area contributed by atoms with Crippen molar-refractivity contribution >= 4 is 10.0 Å². The van der Waals surface area contributed by atoms with Gasteiger partial charge in [-0.15, -0.1) is 4.83 Å². The quantitative estimate of drug-likeness (QED) is 0.638. The first-order valence-corrected chi connectivity index (χ1v) is 9.60. The fourth-order valence-corrected chi connectivity index (χ4v) is 4.01. The minimum Gasteiger partial charge on any atom is -0.317 e. The van der Waals surface area contributed by atoms with E-state index >= 15 is 0 Å². The molecule has 20 heavy (non-hydrogen) atoms. The van der Waals surface area contributed by atoms with Crippen LogP contribution in [0.15, 0.2) is 0 Å². The summed E-state index contributed by atoms with van der Waals surface area (Å²) >= 11 is 0. The number of piperidine rings is 1. The molecule has 2 N–H and O–H groups in total. The van der Waals surface area contributed by atoms with Crippen LogP contribution in [0.2, 0.25) is 0 Å². The van der Waals surface area contributed by atoms with Crippen LogP contribution in [0.5, 0.6) is 0 Å². The standard InChI is InChI=1S/C14H31N3O2S/c1-4-10-15-11-5-6-12-20(18,19)16-17-13(2)8-7-9-14(17)3/h13-16H,4-12H2,1-3H3. The maximum absolute atomic E-state index is 12.1. The largest absolute Gasteiger partial charge is 0.317 e. The zero-order valence-electron chi connectivity index (χ0n) is 13.2. The van der Waals surface area contributed by atoms with Gasteiger partial charge in [-0.2, -0.15) is 0 Å². The van der Waals surface area contributed by atoms with Crippen molar-refractivity contribution in [1.82, 2.24) is 15.2 Å². The Bertz CT molecular complexity index is 349. The van der Waals surface area contributed by atoms with Crippen LogP contribution < -0.4 is 10.1 Å². The lowest BCUT2D eigenvalue weighted by Crippen LogP contribution is -2.54. The van der Waals surface area contributed by atoms with E-state index in [0.29, 0.717) is 18.5 Å². The molecule has 1 saturated heterocycles. The van der Waals surface area contributed by atoms with Crippen LogP contribution in [0.4, 0.5) is 0 Å². The lowest BCUT2D eigenvalue weighted by Gasteiger charge is -2.38. The molecular weight excluding hydrogens is 274 g/mol. The Morgan fingerprint density at radius 1 is 1.10 bits per heavy atom. The van der Waals surface area contributed by atoms with Crippen molar-refractivity contribution in [1.29, 1.82) is 0 Å². The summed E-state index contributed by atoms with van der Waals surface area (Å²) in [5, 5.41) is 5.22. The van der Waals surface area contributed by atoms with Gasteiger partial charge in [0.15, 0.2) is 0 Å². The van der Waals surface area contributed by atoms with E-state index in [1.54, 1.807) is 0 Å². The second-order valence-electron chi connectivity index (χ2n) is 5.90. The molecule has 0 aliphatic carbocycles. The van der Waals surface area contributed by atoms with E-state index in [-0.39, 0.29) is 5.75 Å². The molecule has 6 heteroatoms. The molecule has 0 aromatic rings. The van der Waals surface area contributed by atoms with Gasteiger partial charge in [-0.25, -0.2) is 13.4 Å². The Hall–Kier alpha value is -0.170. The highest BCUT2D eigenvalue weighted by Gasteiger charge is 2.27. The summed E-state index contributed by atoms with van der Waals surface area (Å²) in [6.07, 6.45) is 6.05. The Balaban J connectivity index is 2.29. The second kappa shape index (κ2) is 8.97. The molecule has 5 nitrogen and oxygen atoms in total. The molecule has 2 unspecified atom stereocenters. The highest BCUT2D eigenvalue weighted by molar-refractivity contribution is 7.89. The maximum Gasteiger partial charge on any atom is 0.224 e. The first-order valence-electron chi connectivity index (χ1n) is 7.95. The summed E-state index contributed by atoms with van der Waals surface area (Å²) in [6, 6.07) is 0.583. The molecule has 1 aliphatic rings. The smallest absolute Gasteiger partial charge is 0.224 e. The summed E-state index contributed by atoms with van der Waals surface area (Å²) in [6.45, 7) is 8.22. The number of hydrogen-bond donors (Lipinski definition) is 2. The minimum atomic E-state index is -3.19. The Kier molecular flexibility index (Phi) is 8.02. The van der Waals surface area contributed by atoms with Crippen LogP contribution in [0.25, 0.3) is 0 Å². The van der Waals surface area contributed by atoms with Crippen molar-refractivity contribution < 1.29 is 8.42 Å². The van der Waals surface area contributed by atoms with Gasteiger partial charge in [0.2, 0.25) is 10.0 Å². The van der Waals surface area contributed by atoms with Gasteiger partial charge in [0, 0.05) is 12.1 Å². The van der Waals surface area contributed by atoms with E-state index in [4.69, 9.17) is 0 Å². The SMILES string of the molecule is CCCNCCCCS(=O)(=O)NN1C(C)CCCC1C. The summed E-state index contributed by atoms with van der Waals surface area (Å²) in [7, 11) is -3.19. The lowest BCUT2D eigenvalue weighted by atomic mass is 10.0. The fraction of sp³-hybridized carbons (Fsp3) is 1.00. The number of hydrazine groups is 1. The van der Waals surface area contributed by atoms with E-state index in [1.165, 1.54) is 6.42 Å². The van der Waals surface area contributed by atoms with Crippen LogP contribution in [0, 0.1) is 0 Å². The van der Waals surface area contributed by atoms with E-state index in [9.17, 15) is 8.42 Å². The third-order valence-electron chi connectivity index (χ3n) is 3.88. The topological polar surface area (TPSA) is 61.4 Å². The molecule has 0 bridgehead atoms. The van der Waals surface area contributed by atoms with E-state index in [0.717, 1.165) is 38.8 Å². The van der Waals surface area contributed by atoms with Crippen LogP contribution in [-0.4, -0.2) is 44.4 Å². The van der Waals surface area contributed by atoms with Crippen molar-refractivity contribution in [3.63, 3.8) is 0 Å². The zero-order chi connectivity index (χ0) is 15.0. The zero-order valence-corrected chi connectivity index (χ0v) is 14.0. The Morgan fingerprint density at radius 3 is 2.35 bits per heavy atom. The Labute approximate surface area is 124 Å². The van der Waals surface area contributed by atoms with Gasteiger partial charge < -0.3 is 5.32 Å². The Morgan fingerprint density at radius 2 is 1.75 bits per heavy atom. The molecule has 0 amide bonds. The van der Waals surface area contributed by atoms with E-state index < -0.39 is 10.0 Å². The van der Waals surface area contributed by atoms with Crippen LogP contribution in [0.1, 0.15) is 59.3 Å². The third-order valence-corrected chi connectivity index (χ3v) is 5.20. The highest BCUT2D eigenvalue weighted by Crippen LogP contribution is 2.20. The normalized spacial score (nSPS) is 24.9. The number of nitrogens with one attached hydrogen (secondary N) is 2. The van der Waals surface area contributed by atoms with Gasteiger partial charge in [0.05, 0.1) is 5.75 Å². The highest BCUT2D eigenvalue weighted by atomic mass is 32.2. The first-order chi connectivity index (χ1) is 9.46. The average Bonchev–Trinajstić information content (AvgIpc) is 2.38. The predicted molar refractivity (Wildman–Crippen MR) is 83.9 cm³/mol. The average molecular weight is 305 g/mol. The van der Waals surface area contributed by atoms with E-state index in [1.807, 2.05) is 5.01 Å². The lowest BCUT2D eigenvalue weighted by molar-refractivity contribution is 0.0790. The molecular formula is C14H31N3O2S. The molecule has 1 aliphatic heterocycles. The van der Waals surface area contributed by atoms with Gasteiger partial charge in [0.25, 0.3) is 0 Å². The monoisotopic (exact) mass is 305 g/mol. The predicted octanol–water partition coefficient (Wildman–Crippen LogP) is 1.86. The molecule has 0 aromatic carbocycles. The van der Waals surface area contributed by atoms with Crippen molar-refractivity contribution in [2.45, 2.75) is 71.4 Å². The fourth-order valence-electron chi connectivity index (χ4n) is 2.65. The summed E-state index contributed by atoms with van der Waals surface area (Å²) < 4.78 is 24.2. The number of hydrogen-bond acceptors (Lipinski definition) is 4. The number of nitrogens with zero attached hydrogens (tertiary/aromatic N) is 1. The van der Waals surface area contributed by atoms with Gasteiger partial charge in [0.1, 0.15) is 0 Å². The van der Waals surface area contributed by atoms with Crippen molar-refractivity contribution in [3.05, 3.63) is 0 Å². The van der Waals surface area contributed by atoms with Crippen LogP contribution in [0.3, 0.4) is 0 Å². The van der Waals surface area contributed by atoms with Crippen molar-refractivity contribution in [2.75, 3.05) is 18.8 Å². The number of unbranched alkanes of at least 4 members (excludes halogenated alkanes) is 1. The molecule has 0 saturated carbocycles. The minimum absolute atomic E-state index is 0.219. The molecule has 1 heterocycles. The molecule has 1 fully saturated rings. The maximum atomic E-state index is 12.1. The van der Waals surface area contributed by atoms with Crippen LogP contribution >= 0.6 is 0 Å². The van der Waals surface area contributed by atoms with Crippen LogP contribution in [-0.2, 0) is 10.0 Å². The molecule has 120 valence electrons. The molecule has 1 rings (SSSR count). The molecule has 0 aromatic heterocycles. The molecule has 2 atom stereocenters. The van der Waals surface area contributed by atoms with Crippen molar-refractivity contribution in [2.24, 2.45) is 0 Å². The van der Waals surface area contributed by atoms with Crippen molar-refractivity contribution in [3.8, 4) is 0 Å². The first kappa shape index (κ1) is 17.9. The number of rotatable bonds is 9. The third kappa shape index (κ3) is 6.52. The molecule has 0 radical (unpaired) electrons. The van der Waals surface area contributed by atoms with Gasteiger partial charge in [-0.1, -0.05) is 13.3 Å². The summed E-state index contributed by atoms with van der Waals surface area (Å²) in [4.78, 5) is 2.78. The molecule has 0 spiro atoms. The summed E-state index contributed by atoms with van der Waals surface area (Å²) in [5.74, 6) is 0.219. The van der Waals surface area contributed by atoms with Gasteiger partial charge in [-0.3, -0.25) is 0 Å². The summed E-state index contributed by atoms with van der Waals surface area (Å²) in [5.41, 5.74) is 0. The van der Waals surface area contributed by atoms with E-state index in [2.05, 4.69) is 30.9 Å². The van der Waals surface area contributed by atoms with Gasteiger partial charge in [-0.05, 0) is 59.0 Å².